The van der Waals surface area contributed by atoms with Crippen molar-refractivity contribution in [2.45, 2.75) is 50.7 Å². The molecule has 132 valence electrons. The van der Waals surface area contributed by atoms with Gasteiger partial charge in [0.2, 0.25) is 0 Å². The van der Waals surface area contributed by atoms with Crippen LogP contribution in [-0.4, -0.2) is 17.0 Å². The second kappa shape index (κ2) is 7.43. The second-order valence-corrected chi connectivity index (χ2v) is 7.35. The van der Waals surface area contributed by atoms with Crippen molar-refractivity contribution in [3.63, 3.8) is 0 Å². The molecule has 2 bridgehead atoms. The van der Waals surface area contributed by atoms with Crippen molar-refractivity contribution >= 4 is 5.57 Å². The third-order valence-corrected chi connectivity index (χ3v) is 5.68. The monoisotopic (exact) mass is 346 g/mol. The molecule has 2 aliphatic heterocycles. The van der Waals surface area contributed by atoms with Gasteiger partial charge in [-0.15, -0.1) is 0 Å². The van der Waals surface area contributed by atoms with E-state index in [4.69, 9.17) is 5.26 Å². The van der Waals surface area contributed by atoms with Gasteiger partial charge in [0.1, 0.15) is 5.82 Å². The summed E-state index contributed by atoms with van der Waals surface area (Å²) in [5, 5.41) is 8.79. The Balaban J connectivity index is 1.58. The maximum atomic E-state index is 14.3. The van der Waals surface area contributed by atoms with E-state index in [0.717, 1.165) is 18.5 Å². The lowest BCUT2D eigenvalue weighted by molar-refractivity contribution is 0.0951. The Morgan fingerprint density at radius 2 is 1.96 bits per heavy atom. The summed E-state index contributed by atoms with van der Waals surface area (Å²) in [4.78, 5) is 2.61. The highest BCUT2D eigenvalue weighted by molar-refractivity contribution is 5.68. The third kappa shape index (κ3) is 3.43. The van der Waals surface area contributed by atoms with Crippen molar-refractivity contribution in [3.05, 3.63) is 77.1 Å². The van der Waals surface area contributed by atoms with E-state index < -0.39 is 0 Å². The molecule has 2 heterocycles. The van der Waals surface area contributed by atoms with Gasteiger partial charge in [0.25, 0.3) is 0 Å². The molecule has 2 aromatic carbocycles. The van der Waals surface area contributed by atoms with Gasteiger partial charge in [-0.1, -0.05) is 55.0 Å². The van der Waals surface area contributed by atoms with Crippen LogP contribution < -0.4 is 0 Å². The number of piperidine rings is 1. The maximum Gasteiger partial charge on any atom is 0.128 e. The number of fused-ring (bicyclic) bond motifs is 2. The Hall–Kier alpha value is -2.44. The molecule has 0 radical (unpaired) electrons. The zero-order valence-corrected chi connectivity index (χ0v) is 14.9. The Morgan fingerprint density at radius 1 is 1.12 bits per heavy atom. The summed E-state index contributed by atoms with van der Waals surface area (Å²) in [6.45, 7) is 0.982. The van der Waals surface area contributed by atoms with Crippen LogP contribution in [0.15, 0.2) is 54.6 Å². The number of nitrogens with zero attached hydrogens (tertiary/aromatic N) is 2. The van der Waals surface area contributed by atoms with E-state index in [0.29, 0.717) is 17.6 Å². The van der Waals surface area contributed by atoms with Crippen LogP contribution in [-0.2, 0) is 13.0 Å². The zero-order chi connectivity index (χ0) is 17.9. The first-order valence-electron chi connectivity index (χ1n) is 9.40. The van der Waals surface area contributed by atoms with Crippen LogP contribution in [0.4, 0.5) is 4.39 Å². The highest BCUT2D eigenvalue weighted by Crippen LogP contribution is 2.38. The molecule has 0 N–H and O–H groups in total. The predicted molar refractivity (Wildman–Crippen MR) is 102 cm³/mol. The molecule has 1 fully saturated rings. The quantitative estimate of drug-likeness (QED) is 0.770. The highest BCUT2D eigenvalue weighted by atomic mass is 19.1. The number of halogens is 1. The maximum absolute atomic E-state index is 14.3. The van der Waals surface area contributed by atoms with Gasteiger partial charge in [0, 0.05) is 24.2 Å². The first-order valence-corrected chi connectivity index (χ1v) is 9.40. The van der Waals surface area contributed by atoms with Gasteiger partial charge < -0.3 is 0 Å². The fourth-order valence-electron chi connectivity index (χ4n) is 4.35. The molecule has 0 spiro atoms. The molecule has 0 aliphatic carbocycles. The summed E-state index contributed by atoms with van der Waals surface area (Å²) < 4.78 is 14.3. The summed E-state index contributed by atoms with van der Waals surface area (Å²) in [6.07, 6.45) is 7.08. The number of benzene rings is 2. The predicted octanol–water partition coefficient (Wildman–Crippen LogP) is 5.10. The smallest absolute Gasteiger partial charge is 0.128 e. The SMILES string of the molecule is N#CCc1ccc(C2=CC3CCCC(C2)N3Cc2ccccc2)cc1F. The van der Waals surface area contributed by atoms with Gasteiger partial charge in [-0.2, -0.15) is 5.26 Å². The Bertz CT molecular complexity index is 850. The Kier molecular flexibility index (Phi) is 4.86. The van der Waals surface area contributed by atoms with E-state index >= 15 is 0 Å². The highest BCUT2D eigenvalue weighted by Gasteiger charge is 2.34. The lowest BCUT2D eigenvalue weighted by Gasteiger charge is -2.45. The van der Waals surface area contributed by atoms with Gasteiger partial charge in [-0.05, 0) is 42.0 Å². The Labute approximate surface area is 154 Å². The average molecular weight is 346 g/mol. The van der Waals surface area contributed by atoms with Crippen molar-refractivity contribution in [2.24, 2.45) is 0 Å². The number of rotatable bonds is 4. The van der Waals surface area contributed by atoms with E-state index in [1.165, 1.54) is 30.4 Å². The minimum atomic E-state index is -0.262. The van der Waals surface area contributed by atoms with Gasteiger partial charge >= 0.3 is 0 Å². The van der Waals surface area contributed by atoms with E-state index in [1.807, 2.05) is 12.1 Å². The minimum Gasteiger partial charge on any atom is -0.289 e. The minimum absolute atomic E-state index is 0.126. The van der Waals surface area contributed by atoms with Crippen LogP contribution in [0.3, 0.4) is 0 Å². The largest absolute Gasteiger partial charge is 0.289 e. The van der Waals surface area contributed by atoms with Crippen LogP contribution in [0.5, 0.6) is 0 Å². The lowest BCUT2D eigenvalue weighted by Crippen LogP contribution is -2.47. The van der Waals surface area contributed by atoms with Crippen molar-refractivity contribution in [1.29, 1.82) is 5.26 Å². The molecule has 26 heavy (non-hydrogen) atoms. The average Bonchev–Trinajstić information content (AvgIpc) is 2.64. The number of hydrogen-bond acceptors (Lipinski definition) is 2. The first kappa shape index (κ1) is 17.0. The van der Waals surface area contributed by atoms with E-state index in [-0.39, 0.29) is 12.2 Å². The van der Waals surface area contributed by atoms with Crippen LogP contribution in [0.1, 0.15) is 42.4 Å². The molecule has 0 amide bonds. The van der Waals surface area contributed by atoms with Crippen molar-refractivity contribution < 1.29 is 4.39 Å². The molecular weight excluding hydrogens is 323 g/mol. The van der Waals surface area contributed by atoms with Crippen LogP contribution in [0.2, 0.25) is 0 Å². The summed E-state index contributed by atoms with van der Waals surface area (Å²) in [7, 11) is 0. The van der Waals surface area contributed by atoms with Crippen molar-refractivity contribution in [1.82, 2.24) is 4.90 Å². The van der Waals surface area contributed by atoms with Crippen molar-refractivity contribution in [3.8, 4) is 6.07 Å². The molecule has 2 aliphatic rings. The molecule has 2 nitrogen and oxygen atoms in total. The molecule has 2 unspecified atom stereocenters. The topological polar surface area (TPSA) is 27.0 Å². The van der Waals surface area contributed by atoms with Crippen molar-refractivity contribution in [2.75, 3.05) is 0 Å². The molecule has 3 heteroatoms. The second-order valence-electron chi connectivity index (χ2n) is 7.35. The zero-order valence-electron chi connectivity index (χ0n) is 14.9. The number of hydrogen-bond donors (Lipinski definition) is 0. The molecule has 2 atom stereocenters. The summed E-state index contributed by atoms with van der Waals surface area (Å²) >= 11 is 0. The standard InChI is InChI=1S/C23H23FN2/c24-23-15-19(10-9-18(23)11-12-25)20-13-21-7-4-8-22(14-20)26(21)16-17-5-2-1-3-6-17/h1-3,5-6,9-10,13,15,21-22H,4,7-8,11,14,16H2. The first-order chi connectivity index (χ1) is 12.7. The molecule has 4 rings (SSSR count). The van der Waals surface area contributed by atoms with Gasteiger partial charge in [-0.3, -0.25) is 4.90 Å². The summed E-state index contributed by atoms with van der Waals surface area (Å²) in [5.74, 6) is -0.262. The molecule has 0 saturated carbocycles. The summed E-state index contributed by atoms with van der Waals surface area (Å²) in [5.41, 5.74) is 4.07. The van der Waals surface area contributed by atoms with E-state index in [1.54, 1.807) is 12.1 Å². The van der Waals surface area contributed by atoms with Gasteiger partial charge in [-0.25, -0.2) is 4.39 Å². The third-order valence-electron chi connectivity index (χ3n) is 5.68. The Morgan fingerprint density at radius 3 is 2.69 bits per heavy atom. The van der Waals surface area contributed by atoms with Crippen LogP contribution >= 0.6 is 0 Å². The number of nitriles is 1. The van der Waals surface area contributed by atoms with E-state index in [9.17, 15) is 4.39 Å². The van der Waals surface area contributed by atoms with Gasteiger partial charge in [0.05, 0.1) is 12.5 Å². The van der Waals surface area contributed by atoms with Crippen LogP contribution in [0.25, 0.3) is 5.57 Å². The van der Waals surface area contributed by atoms with Crippen LogP contribution in [0, 0.1) is 17.1 Å². The van der Waals surface area contributed by atoms with Gasteiger partial charge in [0.15, 0.2) is 0 Å². The normalized spacial score (nSPS) is 22.5. The molecule has 2 aromatic rings. The summed E-state index contributed by atoms with van der Waals surface area (Å²) in [6, 6.07) is 19.0. The lowest BCUT2D eigenvalue weighted by atomic mass is 9.82. The molecule has 0 aromatic heterocycles. The fourth-order valence-corrected chi connectivity index (χ4v) is 4.35. The molecular formula is C23H23FN2. The van der Waals surface area contributed by atoms with E-state index in [2.05, 4.69) is 41.3 Å². The fraction of sp³-hybridized carbons (Fsp3) is 0.348. The molecule has 1 saturated heterocycles.